The second-order valence-corrected chi connectivity index (χ2v) is 13.4. The van der Waals surface area contributed by atoms with Crippen LogP contribution in [0.2, 0.25) is 0 Å². The van der Waals surface area contributed by atoms with Crippen LogP contribution in [0.1, 0.15) is 0 Å². The van der Waals surface area contributed by atoms with Gasteiger partial charge in [-0.05, 0) is 46.5 Å². The van der Waals surface area contributed by atoms with E-state index in [9.17, 15) is 0 Å². The van der Waals surface area contributed by atoms with Crippen molar-refractivity contribution in [2.75, 3.05) is 0 Å². The van der Waals surface area contributed by atoms with E-state index in [1.165, 1.54) is 37.0 Å². The summed E-state index contributed by atoms with van der Waals surface area (Å²) in [5.41, 5.74) is 9.24. The van der Waals surface area contributed by atoms with E-state index < -0.39 is 0 Å². The van der Waals surface area contributed by atoms with Crippen molar-refractivity contribution in [2.24, 2.45) is 0 Å². The van der Waals surface area contributed by atoms with Crippen LogP contribution in [0.25, 0.3) is 98.5 Å². The molecule has 0 atom stereocenters. The quantitative estimate of drug-likeness (QED) is 0.185. The zero-order valence-electron chi connectivity index (χ0n) is 26.7. The molecule has 0 spiro atoms. The van der Waals surface area contributed by atoms with E-state index in [0.29, 0.717) is 17.5 Å². The van der Waals surface area contributed by atoms with Gasteiger partial charge in [-0.2, -0.15) is 0 Å². The zero-order valence-corrected chi connectivity index (χ0v) is 27.6. The average Bonchev–Trinajstić information content (AvgIpc) is 3.77. The Labute approximate surface area is 292 Å². The van der Waals surface area contributed by atoms with Crippen LogP contribution in [0.15, 0.2) is 168 Å². The van der Waals surface area contributed by atoms with Crippen molar-refractivity contribution < 1.29 is 4.42 Å². The van der Waals surface area contributed by atoms with E-state index in [4.69, 9.17) is 19.4 Å². The lowest BCUT2D eigenvalue weighted by Crippen LogP contribution is -2.00. The summed E-state index contributed by atoms with van der Waals surface area (Å²) in [5.74, 6) is 1.88. The SMILES string of the molecule is c1ccc(-c2ccc(-c3ccc(-c4nc(-c5ccccc5)nc(-c5cccc6oc7ccccc7c56)n4)c4c3sc3ccccc34)cc2)cc1. The fourth-order valence-electron chi connectivity index (χ4n) is 7.01. The molecule has 0 saturated heterocycles. The summed E-state index contributed by atoms with van der Waals surface area (Å²) in [6.07, 6.45) is 0. The van der Waals surface area contributed by atoms with Crippen LogP contribution in [0.4, 0.5) is 0 Å². The van der Waals surface area contributed by atoms with Gasteiger partial charge in [-0.1, -0.05) is 140 Å². The van der Waals surface area contributed by atoms with E-state index in [-0.39, 0.29) is 0 Å². The first-order valence-electron chi connectivity index (χ1n) is 16.6. The molecule has 0 amide bonds. The molecule has 0 N–H and O–H groups in total. The third-order valence-corrected chi connectivity index (χ3v) is 10.6. The van der Waals surface area contributed by atoms with E-state index in [0.717, 1.165) is 44.0 Å². The molecule has 3 heterocycles. The molecule has 0 saturated carbocycles. The molecular formula is C45H27N3OS. The molecular weight excluding hydrogens is 631 g/mol. The largest absolute Gasteiger partial charge is 0.456 e. The maximum atomic E-state index is 6.26. The molecule has 0 radical (unpaired) electrons. The van der Waals surface area contributed by atoms with Crippen molar-refractivity contribution in [3.63, 3.8) is 0 Å². The summed E-state index contributed by atoms with van der Waals surface area (Å²) in [5, 5.41) is 4.38. The molecule has 4 nitrogen and oxygen atoms in total. The standard InChI is InChI=1S/C45H27N3OS/c1-3-12-28(13-4-1)29-22-24-30(25-23-29)32-26-27-36(41-34-17-8-10-21-39(34)50-42(32)41)45-47-43(31-14-5-2-6-15-31)46-44(48-45)35-18-11-20-38-40(35)33-16-7-9-19-37(33)49-38/h1-27H. The Morgan fingerprint density at radius 2 is 0.920 bits per heavy atom. The monoisotopic (exact) mass is 657 g/mol. The summed E-state index contributed by atoms with van der Waals surface area (Å²) in [7, 11) is 0. The zero-order chi connectivity index (χ0) is 33.0. The van der Waals surface area contributed by atoms with Crippen molar-refractivity contribution in [1.82, 2.24) is 15.0 Å². The molecule has 3 aromatic heterocycles. The Kier molecular flexibility index (Phi) is 6.64. The smallest absolute Gasteiger partial charge is 0.164 e. The fourth-order valence-corrected chi connectivity index (χ4v) is 8.27. The van der Waals surface area contributed by atoms with Gasteiger partial charge in [0.15, 0.2) is 17.5 Å². The molecule has 0 bridgehead atoms. The number of fused-ring (bicyclic) bond motifs is 6. The van der Waals surface area contributed by atoms with E-state index >= 15 is 0 Å². The number of aromatic nitrogens is 3. The van der Waals surface area contributed by atoms with Crippen LogP contribution in [0.5, 0.6) is 0 Å². The summed E-state index contributed by atoms with van der Waals surface area (Å²) < 4.78 is 8.69. The predicted octanol–water partition coefficient (Wildman–Crippen LogP) is 12.5. The van der Waals surface area contributed by atoms with Gasteiger partial charge in [-0.15, -0.1) is 11.3 Å². The van der Waals surface area contributed by atoms with Crippen LogP contribution in [0.3, 0.4) is 0 Å². The van der Waals surface area contributed by atoms with Gasteiger partial charge in [0.2, 0.25) is 0 Å². The number of nitrogens with zero attached hydrogens (tertiary/aromatic N) is 3. The minimum atomic E-state index is 0.610. The number of rotatable bonds is 5. The van der Waals surface area contributed by atoms with Gasteiger partial charge in [0.05, 0.1) is 0 Å². The lowest BCUT2D eigenvalue weighted by molar-refractivity contribution is 0.669. The Balaban J connectivity index is 1.21. The third-order valence-electron chi connectivity index (χ3n) is 9.38. The number of para-hydroxylation sites is 1. The summed E-state index contributed by atoms with van der Waals surface area (Å²) in [4.78, 5) is 15.5. The Hall–Kier alpha value is -6.43. The van der Waals surface area contributed by atoms with Crippen molar-refractivity contribution >= 4 is 53.4 Å². The molecule has 0 aliphatic carbocycles. The maximum Gasteiger partial charge on any atom is 0.164 e. The minimum Gasteiger partial charge on any atom is -0.456 e. The van der Waals surface area contributed by atoms with Gasteiger partial charge in [0.1, 0.15) is 11.2 Å². The lowest BCUT2D eigenvalue weighted by Gasteiger charge is -2.12. The van der Waals surface area contributed by atoms with Gasteiger partial charge in [0, 0.05) is 47.6 Å². The first-order chi connectivity index (χ1) is 24.8. The molecule has 50 heavy (non-hydrogen) atoms. The molecule has 0 aliphatic heterocycles. The highest BCUT2D eigenvalue weighted by Crippen LogP contribution is 2.45. The van der Waals surface area contributed by atoms with E-state index in [1.807, 2.05) is 59.9 Å². The topological polar surface area (TPSA) is 51.8 Å². The van der Waals surface area contributed by atoms with Crippen LogP contribution < -0.4 is 0 Å². The number of hydrogen-bond donors (Lipinski definition) is 0. The van der Waals surface area contributed by atoms with Gasteiger partial charge in [-0.25, -0.2) is 15.0 Å². The molecule has 0 aliphatic rings. The van der Waals surface area contributed by atoms with Crippen LogP contribution in [0, 0.1) is 0 Å². The highest BCUT2D eigenvalue weighted by Gasteiger charge is 2.21. The van der Waals surface area contributed by atoms with Gasteiger partial charge >= 0.3 is 0 Å². The Morgan fingerprint density at radius 3 is 1.70 bits per heavy atom. The fraction of sp³-hybridized carbons (Fsp3) is 0. The molecule has 10 aromatic rings. The third kappa shape index (κ3) is 4.71. The highest BCUT2D eigenvalue weighted by atomic mass is 32.1. The summed E-state index contributed by atoms with van der Waals surface area (Å²) >= 11 is 1.81. The van der Waals surface area contributed by atoms with Gasteiger partial charge < -0.3 is 4.42 Å². The van der Waals surface area contributed by atoms with Crippen LogP contribution in [-0.4, -0.2) is 15.0 Å². The molecule has 5 heteroatoms. The molecule has 234 valence electrons. The average molecular weight is 658 g/mol. The lowest BCUT2D eigenvalue weighted by atomic mass is 9.96. The first-order valence-corrected chi connectivity index (χ1v) is 17.4. The highest BCUT2D eigenvalue weighted by molar-refractivity contribution is 7.26. The molecule has 10 rings (SSSR count). The minimum absolute atomic E-state index is 0.610. The van der Waals surface area contributed by atoms with Gasteiger partial charge in [0.25, 0.3) is 0 Å². The molecule has 7 aromatic carbocycles. The van der Waals surface area contributed by atoms with Crippen LogP contribution >= 0.6 is 11.3 Å². The second kappa shape index (κ2) is 11.6. The predicted molar refractivity (Wildman–Crippen MR) is 207 cm³/mol. The van der Waals surface area contributed by atoms with E-state index in [1.54, 1.807) is 0 Å². The number of benzene rings is 7. The van der Waals surface area contributed by atoms with Crippen molar-refractivity contribution in [3.05, 3.63) is 164 Å². The van der Waals surface area contributed by atoms with Crippen molar-refractivity contribution in [3.8, 4) is 56.4 Å². The van der Waals surface area contributed by atoms with Crippen LogP contribution in [-0.2, 0) is 0 Å². The number of thiophene rings is 1. The summed E-state index contributed by atoms with van der Waals surface area (Å²) in [6, 6.07) is 56.8. The number of furan rings is 1. The normalized spacial score (nSPS) is 11.6. The van der Waals surface area contributed by atoms with Crippen molar-refractivity contribution in [2.45, 2.75) is 0 Å². The Bertz CT molecular complexity index is 2860. The molecule has 0 unspecified atom stereocenters. The Morgan fingerprint density at radius 1 is 0.360 bits per heavy atom. The van der Waals surface area contributed by atoms with E-state index in [2.05, 4.69) is 115 Å². The van der Waals surface area contributed by atoms with Gasteiger partial charge in [-0.3, -0.25) is 0 Å². The maximum absolute atomic E-state index is 6.26. The van der Waals surface area contributed by atoms with Crippen molar-refractivity contribution in [1.29, 1.82) is 0 Å². The summed E-state index contributed by atoms with van der Waals surface area (Å²) in [6.45, 7) is 0. The number of hydrogen-bond acceptors (Lipinski definition) is 5. The first kappa shape index (κ1) is 28.6. The molecule has 0 fully saturated rings. The second-order valence-electron chi connectivity index (χ2n) is 12.4.